The van der Waals surface area contributed by atoms with Crippen LogP contribution in [0.3, 0.4) is 0 Å². The Balaban J connectivity index is 1.79. The van der Waals surface area contributed by atoms with Crippen molar-refractivity contribution in [3.8, 4) is 0 Å². The van der Waals surface area contributed by atoms with E-state index in [1.807, 2.05) is 54.6 Å². The highest BCUT2D eigenvalue weighted by atomic mass is 28.4. The van der Waals surface area contributed by atoms with Gasteiger partial charge in [-0.25, -0.2) is 0 Å². The first-order chi connectivity index (χ1) is 17.5. The molecule has 0 aliphatic heterocycles. The molecular weight excluding hydrogens is 503 g/mol. The normalized spacial score (nSPS) is 13.1. The lowest BCUT2D eigenvalue weighted by molar-refractivity contribution is 0.304. The molecule has 37 heavy (non-hydrogen) atoms. The topological polar surface area (TPSA) is 27.7 Å². The van der Waals surface area contributed by atoms with Crippen LogP contribution >= 0.6 is 0 Å². The molecule has 0 atom stereocenters. The van der Waals surface area contributed by atoms with Gasteiger partial charge in [0.05, 0.1) is 0 Å². The predicted molar refractivity (Wildman–Crippen MR) is 168 cm³/mol. The van der Waals surface area contributed by atoms with Crippen molar-refractivity contribution in [2.45, 2.75) is 39.3 Å². The van der Waals surface area contributed by atoms with E-state index in [2.05, 4.69) is 111 Å². The van der Waals surface area contributed by atoms with Gasteiger partial charge in [-0.3, -0.25) is 0 Å². The van der Waals surface area contributed by atoms with E-state index < -0.39 is 32.3 Å². The molecule has 0 aliphatic rings. The summed E-state index contributed by atoms with van der Waals surface area (Å²) in [6.07, 6.45) is 6.41. The monoisotopic (exact) mass is 542 g/mol. The Morgan fingerprint density at radius 1 is 0.432 bits per heavy atom. The average Bonchev–Trinajstić information content (AvgIpc) is 2.86. The van der Waals surface area contributed by atoms with E-state index in [0.29, 0.717) is 0 Å². The van der Waals surface area contributed by atoms with Crippen LogP contribution in [-0.4, -0.2) is 32.3 Å². The fourth-order valence-corrected chi connectivity index (χ4v) is 7.60. The van der Waals surface area contributed by atoms with Crippen LogP contribution in [0.5, 0.6) is 0 Å². The van der Waals surface area contributed by atoms with E-state index in [0.717, 1.165) is 16.7 Å². The molecule has 0 aromatic heterocycles. The largest absolute Gasteiger partial charge is 0.607 e. The Labute approximate surface area is 227 Å². The molecule has 0 N–H and O–H groups in total. The smallest absolute Gasteiger partial charge is 0.426 e. The van der Waals surface area contributed by atoms with Crippen molar-refractivity contribution in [2.75, 3.05) is 0 Å². The van der Waals surface area contributed by atoms with Gasteiger partial charge >= 0.3 is 7.32 Å². The summed E-state index contributed by atoms with van der Waals surface area (Å²) in [6, 6.07) is 30.9. The summed E-state index contributed by atoms with van der Waals surface area (Å²) < 4.78 is 19.9. The molecule has 3 aromatic carbocycles. The maximum atomic E-state index is 6.64. The first kappa shape index (κ1) is 29.0. The fourth-order valence-electron chi connectivity index (χ4n) is 3.52. The van der Waals surface area contributed by atoms with Crippen LogP contribution in [0.15, 0.2) is 108 Å². The van der Waals surface area contributed by atoms with Gasteiger partial charge in [-0.1, -0.05) is 126 Å². The zero-order valence-corrected chi connectivity index (χ0v) is 25.9. The van der Waals surface area contributed by atoms with Gasteiger partial charge in [-0.05, 0) is 56.0 Å². The van der Waals surface area contributed by atoms with Gasteiger partial charge in [0.15, 0.2) is 25.0 Å². The summed E-state index contributed by atoms with van der Waals surface area (Å²) in [5.41, 5.74) is 10.1. The SMILES string of the molecule is C[Si](C)(/C=C\c1ccccc1)OB(O[Si](C)(C)/C=C/c1ccccc1)O[Si](C)(C)/C=C/c1ccccc1. The fraction of sp³-hybridized carbons (Fsp3) is 0.200. The van der Waals surface area contributed by atoms with Gasteiger partial charge in [0.2, 0.25) is 0 Å². The third-order valence-corrected chi connectivity index (χ3v) is 10.9. The van der Waals surface area contributed by atoms with Crippen molar-refractivity contribution in [3.63, 3.8) is 0 Å². The molecule has 3 aromatic rings. The third kappa shape index (κ3) is 11.2. The highest BCUT2D eigenvalue weighted by Gasteiger charge is 2.39. The molecule has 0 fully saturated rings. The zero-order chi connectivity index (χ0) is 26.8. The maximum Gasteiger partial charge on any atom is 0.607 e. The highest BCUT2D eigenvalue weighted by molar-refractivity contribution is 6.88. The predicted octanol–water partition coefficient (Wildman–Crippen LogP) is 8.39. The lowest BCUT2D eigenvalue weighted by Crippen LogP contribution is -2.50. The second-order valence-corrected chi connectivity index (χ2v) is 22.0. The van der Waals surface area contributed by atoms with E-state index in [9.17, 15) is 0 Å². The van der Waals surface area contributed by atoms with Gasteiger partial charge in [0.25, 0.3) is 0 Å². The van der Waals surface area contributed by atoms with Crippen LogP contribution in [0.2, 0.25) is 39.3 Å². The lowest BCUT2D eigenvalue weighted by atomic mass is 10.2. The van der Waals surface area contributed by atoms with Crippen molar-refractivity contribution in [2.24, 2.45) is 0 Å². The number of benzene rings is 3. The molecule has 0 heterocycles. The molecule has 7 heteroatoms. The van der Waals surface area contributed by atoms with Gasteiger partial charge in [-0.2, -0.15) is 0 Å². The first-order valence-electron chi connectivity index (χ1n) is 12.8. The molecular formula is C30H39BO3Si3. The summed E-state index contributed by atoms with van der Waals surface area (Å²) in [6.45, 7) is 13.1. The molecule has 3 rings (SSSR count). The Morgan fingerprint density at radius 3 is 0.919 bits per heavy atom. The molecule has 0 radical (unpaired) electrons. The summed E-state index contributed by atoms with van der Waals surface area (Å²) in [5, 5.41) is 0. The minimum Gasteiger partial charge on any atom is -0.426 e. The average molecular weight is 543 g/mol. The number of hydrogen-bond acceptors (Lipinski definition) is 3. The first-order valence-corrected chi connectivity index (χ1v) is 21.7. The quantitative estimate of drug-likeness (QED) is 0.215. The Kier molecular flexibility index (Phi) is 10.5. The molecule has 0 bridgehead atoms. The van der Waals surface area contributed by atoms with E-state index in [1.165, 1.54) is 0 Å². The summed E-state index contributed by atoms with van der Waals surface area (Å²) in [5.74, 6) is 0. The van der Waals surface area contributed by atoms with Crippen LogP contribution < -0.4 is 0 Å². The third-order valence-electron chi connectivity index (χ3n) is 5.63. The molecule has 3 nitrogen and oxygen atoms in total. The van der Waals surface area contributed by atoms with E-state index in [4.69, 9.17) is 13.0 Å². The molecule has 192 valence electrons. The van der Waals surface area contributed by atoms with Crippen molar-refractivity contribution >= 4 is 50.5 Å². The van der Waals surface area contributed by atoms with Crippen molar-refractivity contribution in [1.29, 1.82) is 0 Å². The molecule has 0 amide bonds. The molecule has 0 spiro atoms. The van der Waals surface area contributed by atoms with E-state index in [1.54, 1.807) is 0 Å². The van der Waals surface area contributed by atoms with Gasteiger partial charge in [-0.15, -0.1) is 0 Å². The van der Waals surface area contributed by atoms with Gasteiger partial charge in [0, 0.05) is 0 Å². The van der Waals surface area contributed by atoms with Crippen molar-refractivity contribution < 1.29 is 13.0 Å². The van der Waals surface area contributed by atoms with Crippen molar-refractivity contribution in [1.82, 2.24) is 0 Å². The van der Waals surface area contributed by atoms with Crippen LogP contribution in [-0.2, 0) is 13.0 Å². The van der Waals surface area contributed by atoms with Crippen LogP contribution in [0.25, 0.3) is 18.2 Å². The van der Waals surface area contributed by atoms with Crippen LogP contribution in [0.1, 0.15) is 16.7 Å². The van der Waals surface area contributed by atoms with Gasteiger partial charge < -0.3 is 13.0 Å². The zero-order valence-electron chi connectivity index (χ0n) is 22.9. The van der Waals surface area contributed by atoms with Crippen LogP contribution in [0, 0.1) is 0 Å². The second kappa shape index (κ2) is 13.3. The second-order valence-electron chi connectivity index (χ2n) is 10.7. The summed E-state index contributed by atoms with van der Waals surface area (Å²) >= 11 is 0. The minimum absolute atomic E-state index is 0.730. The van der Waals surface area contributed by atoms with Crippen LogP contribution in [0.4, 0.5) is 0 Å². The number of hydrogen-bond donors (Lipinski definition) is 0. The highest BCUT2D eigenvalue weighted by Crippen LogP contribution is 2.21. The lowest BCUT2D eigenvalue weighted by Gasteiger charge is -2.33. The van der Waals surface area contributed by atoms with Crippen molar-refractivity contribution in [3.05, 3.63) is 125 Å². The molecule has 0 saturated carbocycles. The maximum absolute atomic E-state index is 6.64. The summed E-state index contributed by atoms with van der Waals surface area (Å²) in [7, 11) is -7.50. The molecule has 0 saturated heterocycles. The standard InChI is InChI=1S/C30H39BO3Si3/c1-35(2,25-22-28-16-10-7-11-17-28)32-31(33-36(3,4)26-23-29-18-12-8-13-19-29)34-37(5,6)27-24-30-20-14-9-15-21-30/h7-27H,1-6H3/b25-22-,26-23+,27-24+. The molecule has 0 unspecified atom stereocenters. The summed E-state index contributed by atoms with van der Waals surface area (Å²) in [4.78, 5) is 0. The van der Waals surface area contributed by atoms with Gasteiger partial charge in [0.1, 0.15) is 0 Å². The Bertz CT molecular complexity index is 1030. The minimum atomic E-state index is -2.26. The Hall–Kier alpha value is -2.52. The molecule has 0 aliphatic carbocycles. The van der Waals surface area contributed by atoms with E-state index >= 15 is 0 Å². The van der Waals surface area contributed by atoms with E-state index in [-0.39, 0.29) is 0 Å². The number of rotatable bonds is 12. The Morgan fingerprint density at radius 2 is 0.676 bits per heavy atom.